The number of fused-ring (bicyclic) bond motifs is 1. The molecule has 0 radical (unpaired) electrons. The van der Waals surface area contributed by atoms with Crippen LogP contribution in [0, 0.1) is 6.92 Å². The van der Waals surface area contributed by atoms with Gasteiger partial charge in [0.2, 0.25) is 5.96 Å². The average Bonchev–Trinajstić information content (AvgIpc) is 2.98. The summed E-state index contributed by atoms with van der Waals surface area (Å²) in [6.45, 7) is 6.52. The number of aryl methyl sites for hydroxylation is 1. The van der Waals surface area contributed by atoms with Crippen LogP contribution >= 0.6 is 0 Å². The minimum atomic E-state index is -0.202. The molecule has 2 heterocycles. The zero-order chi connectivity index (χ0) is 18.5. The molecule has 9 heteroatoms. The molecule has 1 saturated heterocycles. The highest BCUT2D eigenvalue weighted by atomic mass is 16.5. The van der Waals surface area contributed by atoms with Crippen molar-refractivity contribution < 1.29 is 13.9 Å². The molecule has 0 saturated carbocycles. The Morgan fingerprint density at radius 2 is 2.04 bits per heavy atom. The van der Waals surface area contributed by atoms with Gasteiger partial charge in [-0.15, -0.1) is 5.10 Å². The Bertz CT molecular complexity index is 714. The molecule has 2 aliphatic rings. The van der Waals surface area contributed by atoms with E-state index < -0.39 is 0 Å². The van der Waals surface area contributed by atoms with Crippen LogP contribution in [0.25, 0.3) is 0 Å². The molecule has 0 bridgehead atoms. The zero-order valence-corrected chi connectivity index (χ0v) is 15.1. The first-order chi connectivity index (χ1) is 12.6. The fraction of sp³-hybridized carbons (Fsp3) is 0.588. The first-order valence-corrected chi connectivity index (χ1v) is 8.92. The fourth-order valence-electron chi connectivity index (χ4n) is 3.34. The largest absolute Gasteiger partial charge is 0.455 e. The monoisotopic (exact) mass is 362 g/mol. The summed E-state index contributed by atoms with van der Waals surface area (Å²) in [6.07, 6.45) is 2.41. The van der Waals surface area contributed by atoms with Crippen LogP contribution in [0.4, 0.5) is 0 Å². The van der Waals surface area contributed by atoms with Gasteiger partial charge in [0.15, 0.2) is 5.76 Å². The second-order valence-electron chi connectivity index (χ2n) is 6.49. The van der Waals surface area contributed by atoms with E-state index in [1.807, 2.05) is 6.92 Å². The molecule has 142 valence electrons. The van der Waals surface area contributed by atoms with E-state index in [2.05, 4.69) is 20.4 Å². The van der Waals surface area contributed by atoms with E-state index >= 15 is 0 Å². The van der Waals surface area contributed by atoms with Crippen LogP contribution in [0.1, 0.15) is 40.3 Å². The Kier molecular flexibility index (Phi) is 5.89. The summed E-state index contributed by atoms with van der Waals surface area (Å²) in [7, 11) is 0. The summed E-state index contributed by atoms with van der Waals surface area (Å²) in [5.41, 5.74) is 13.1. The molecule has 5 N–H and O–H groups in total. The third kappa shape index (κ3) is 4.23. The van der Waals surface area contributed by atoms with Crippen LogP contribution < -0.4 is 16.8 Å². The Labute approximate surface area is 152 Å². The lowest BCUT2D eigenvalue weighted by Gasteiger charge is -2.26. The van der Waals surface area contributed by atoms with Gasteiger partial charge in [-0.2, -0.15) is 5.10 Å². The Hall–Kier alpha value is -2.39. The average molecular weight is 362 g/mol. The third-order valence-corrected chi connectivity index (χ3v) is 4.64. The van der Waals surface area contributed by atoms with Crippen molar-refractivity contribution in [2.24, 2.45) is 21.7 Å². The van der Waals surface area contributed by atoms with Crippen molar-refractivity contribution in [3.8, 4) is 0 Å². The van der Waals surface area contributed by atoms with Crippen LogP contribution in [0.5, 0.6) is 0 Å². The molecule has 1 aromatic heterocycles. The van der Waals surface area contributed by atoms with Crippen molar-refractivity contribution in [2.45, 2.75) is 26.2 Å². The zero-order valence-electron chi connectivity index (χ0n) is 15.1. The summed E-state index contributed by atoms with van der Waals surface area (Å²) in [5.74, 6) is 0.825. The topological polar surface area (TPSA) is 131 Å². The van der Waals surface area contributed by atoms with Crippen molar-refractivity contribution in [1.82, 2.24) is 10.2 Å². The van der Waals surface area contributed by atoms with Crippen molar-refractivity contribution >= 4 is 17.6 Å². The molecule has 26 heavy (non-hydrogen) atoms. The Morgan fingerprint density at radius 1 is 1.27 bits per heavy atom. The first-order valence-electron chi connectivity index (χ1n) is 8.92. The first kappa shape index (κ1) is 18.4. The van der Waals surface area contributed by atoms with E-state index in [4.69, 9.17) is 20.6 Å². The summed E-state index contributed by atoms with van der Waals surface area (Å²) < 4.78 is 11.2. The maximum atomic E-state index is 12.5. The summed E-state index contributed by atoms with van der Waals surface area (Å²) in [4.78, 5) is 14.8. The fourth-order valence-corrected chi connectivity index (χ4v) is 3.34. The van der Waals surface area contributed by atoms with Gasteiger partial charge in [-0.1, -0.05) is 0 Å². The summed E-state index contributed by atoms with van der Waals surface area (Å²) >= 11 is 0. The number of carbonyl (C=O) groups is 1. The predicted octanol–water partition coefficient (Wildman–Crippen LogP) is -0.0362. The normalized spacial score (nSPS) is 19.2. The number of carbonyl (C=O) groups excluding carboxylic acids is 1. The van der Waals surface area contributed by atoms with Gasteiger partial charge in [-0.05, 0) is 19.8 Å². The van der Waals surface area contributed by atoms with Crippen molar-refractivity contribution in [3.05, 3.63) is 22.6 Å². The smallest absolute Gasteiger partial charge is 0.287 e. The van der Waals surface area contributed by atoms with Gasteiger partial charge in [0.05, 0.1) is 18.9 Å². The molecule has 9 nitrogen and oxygen atoms in total. The van der Waals surface area contributed by atoms with Gasteiger partial charge in [-0.3, -0.25) is 9.69 Å². The SMILES string of the molecule is Cc1c(C(=O)NCCN2CCOCC2)oc2c1/C(=N/N=C(N)N)CCC2. The highest BCUT2D eigenvalue weighted by Crippen LogP contribution is 2.30. The van der Waals surface area contributed by atoms with Gasteiger partial charge in [-0.25, -0.2) is 0 Å². The highest BCUT2D eigenvalue weighted by Gasteiger charge is 2.27. The number of nitrogens with two attached hydrogens (primary N) is 2. The summed E-state index contributed by atoms with van der Waals surface area (Å²) in [6, 6.07) is 0. The predicted molar refractivity (Wildman–Crippen MR) is 98.3 cm³/mol. The minimum absolute atomic E-state index is 0.0909. The molecule has 1 aliphatic carbocycles. The Balaban J connectivity index is 1.68. The number of hydrogen-bond acceptors (Lipinski definition) is 6. The number of nitrogens with zero attached hydrogens (tertiary/aromatic N) is 3. The lowest BCUT2D eigenvalue weighted by molar-refractivity contribution is 0.0382. The van der Waals surface area contributed by atoms with E-state index in [1.165, 1.54) is 0 Å². The van der Waals surface area contributed by atoms with E-state index in [0.717, 1.165) is 74.7 Å². The third-order valence-electron chi connectivity index (χ3n) is 4.64. The van der Waals surface area contributed by atoms with E-state index in [0.29, 0.717) is 12.3 Å². The van der Waals surface area contributed by atoms with E-state index in [9.17, 15) is 4.79 Å². The maximum Gasteiger partial charge on any atom is 0.287 e. The number of guanidine groups is 1. The molecule has 3 rings (SSSR count). The second kappa shape index (κ2) is 8.33. The maximum absolute atomic E-state index is 12.5. The van der Waals surface area contributed by atoms with Gasteiger partial charge in [0, 0.05) is 43.7 Å². The molecule has 1 fully saturated rings. The van der Waals surface area contributed by atoms with E-state index in [1.54, 1.807) is 0 Å². The quantitative estimate of drug-likeness (QED) is 0.383. The molecule has 0 spiro atoms. The van der Waals surface area contributed by atoms with Gasteiger partial charge < -0.3 is 25.9 Å². The van der Waals surface area contributed by atoms with Crippen LogP contribution in [0.15, 0.2) is 14.6 Å². The standard InChI is InChI=1S/C17H26N6O3/c1-11-14-12(21-22-17(18)19)3-2-4-13(14)26-15(11)16(24)20-5-6-23-7-9-25-10-8-23/h2-10H2,1H3,(H,20,24)(H4,18,19,22)/b21-12+. The number of hydrogen-bond donors (Lipinski definition) is 3. The van der Waals surface area contributed by atoms with Crippen LogP contribution in [0.2, 0.25) is 0 Å². The van der Waals surface area contributed by atoms with Gasteiger partial charge in [0.1, 0.15) is 5.76 Å². The molecular formula is C17H26N6O3. The van der Waals surface area contributed by atoms with Crippen molar-refractivity contribution in [1.29, 1.82) is 0 Å². The van der Waals surface area contributed by atoms with Gasteiger partial charge in [0.25, 0.3) is 5.91 Å². The number of morpholine rings is 1. The van der Waals surface area contributed by atoms with E-state index in [-0.39, 0.29) is 11.9 Å². The molecule has 0 aromatic carbocycles. The minimum Gasteiger partial charge on any atom is -0.455 e. The Morgan fingerprint density at radius 3 is 2.77 bits per heavy atom. The lowest BCUT2D eigenvalue weighted by Crippen LogP contribution is -2.41. The molecule has 0 unspecified atom stereocenters. The highest BCUT2D eigenvalue weighted by molar-refractivity contribution is 6.06. The molecule has 0 atom stereocenters. The van der Waals surface area contributed by atoms with Crippen LogP contribution in [-0.2, 0) is 11.2 Å². The van der Waals surface area contributed by atoms with Crippen LogP contribution in [0.3, 0.4) is 0 Å². The second-order valence-corrected chi connectivity index (χ2v) is 6.49. The lowest BCUT2D eigenvalue weighted by atomic mass is 9.93. The molecule has 1 aliphatic heterocycles. The van der Waals surface area contributed by atoms with Crippen molar-refractivity contribution in [3.63, 3.8) is 0 Å². The van der Waals surface area contributed by atoms with Crippen LogP contribution in [-0.4, -0.2) is 61.9 Å². The van der Waals surface area contributed by atoms with Gasteiger partial charge >= 0.3 is 0 Å². The molecule has 1 aromatic rings. The summed E-state index contributed by atoms with van der Waals surface area (Å²) in [5, 5.41) is 10.8. The molecular weight excluding hydrogens is 336 g/mol. The number of rotatable bonds is 5. The number of furan rings is 1. The number of nitrogens with one attached hydrogen (secondary N) is 1. The molecule has 1 amide bonds. The number of ether oxygens (including phenoxy) is 1. The number of amides is 1. The van der Waals surface area contributed by atoms with Crippen molar-refractivity contribution in [2.75, 3.05) is 39.4 Å².